The van der Waals surface area contributed by atoms with Crippen molar-refractivity contribution in [2.75, 3.05) is 11.9 Å². The monoisotopic (exact) mass is 402 g/mol. The molecular weight excluding hydrogens is 379 g/mol. The maximum Gasteiger partial charge on any atom is 0.223 e. The van der Waals surface area contributed by atoms with E-state index in [0.29, 0.717) is 11.6 Å². The van der Waals surface area contributed by atoms with Crippen molar-refractivity contribution in [2.24, 2.45) is 5.92 Å². The molecule has 30 heavy (non-hydrogen) atoms. The van der Waals surface area contributed by atoms with Gasteiger partial charge in [0.15, 0.2) is 5.65 Å². The van der Waals surface area contributed by atoms with Gasteiger partial charge in [-0.25, -0.2) is 19.3 Å². The van der Waals surface area contributed by atoms with Gasteiger partial charge in [-0.3, -0.25) is 4.68 Å². The molecule has 1 aliphatic carbocycles. The van der Waals surface area contributed by atoms with Crippen molar-refractivity contribution in [3.63, 3.8) is 0 Å². The molecule has 4 aromatic rings. The number of benzene rings is 1. The third-order valence-corrected chi connectivity index (χ3v) is 5.29. The zero-order valence-corrected chi connectivity index (χ0v) is 16.8. The minimum absolute atomic E-state index is 0.276. The standard InChI is InChI=1S/C23H23FN6/c1-2-11-30-14-17-12-19(20-9-10-25-23(27-20)26-13-15-3-4-15)21(28-22(17)29-30)16-5-7-18(24)8-6-16/h5-10,12,14-15H,2-4,11,13H2,1H3,(H,25,26,27). The van der Waals surface area contributed by atoms with Gasteiger partial charge in [-0.15, -0.1) is 0 Å². The van der Waals surface area contributed by atoms with Gasteiger partial charge >= 0.3 is 0 Å². The average molecular weight is 402 g/mol. The molecule has 0 aliphatic heterocycles. The fourth-order valence-corrected chi connectivity index (χ4v) is 3.52. The molecule has 152 valence electrons. The molecule has 0 spiro atoms. The molecule has 6 nitrogen and oxygen atoms in total. The Kier molecular flexibility index (Phi) is 4.86. The number of fused-ring (bicyclic) bond motifs is 1. The lowest BCUT2D eigenvalue weighted by molar-refractivity contribution is 0.607. The minimum atomic E-state index is -0.276. The molecule has 1 aliphatic rings. The van der Waals surface area contributed by atoms with E-state index in [0.717, 1.165) is 53.3 Å². The Morgan fingerprint density at radius 3 is 2.73 bits per heavy atom. The van der Waals surface area contributed by atoms with Gasteiger partial charge in [0.25, 0.3) is 0 Å². The number of rotatable bonds is 7. The van der Waals surface area contributed by atoms with Gasteiger partial charge < -0.3 is 5.32 Å². The van der Waals surface area contributed by atoms with E-state index < -0.39 is 0 Å². The van der Waals surface area contributed by atoms with E-state index in [1.165, 1.54) is 25.0 Å². The summed E-state index contributed by atoms with van der Waals surface area (Å²) < 4.78 is 15.4. The summed E-state index contributed by atoms with van der Waals surface area (Å²) in [4.78, 5) is 13.9. The van der Waals surface area contributed by atoms with Crippen LogP contribution in [0.25, 0.3) is 33.5 Å². The van der Waals surface area contributed by atoms with Gasteiger partial charge in [0.2, 0.25) is 5.95 Å². The van der Waals surface area contributed by atoms with Crippen molar-refractivity contribution in [1.82, 2.24) is 24.7 Å². The normalized spacial score (nSPS) is 13.7. The van der Waals surface area contributed by atoms with Crippen molar-refractivity contribution in [3.05, 3.63) is 54.6 Å². The number of pyridine rings is 1. The molecule has 3 aromatic heterocycles. The van der Waals surface area contributed by atoms with Gasteiger partial charge in [0.05, 0.1) is 11.4 Å². The molecule has 3 heterocycles. The van der Waals surface area contributed by atoms with Crippen LogP contribution in [0.5, 0.6) is 0 Å². The second-order valence-corrected chi connectivity index (χ2v) is 7.79. The number of nitrogens with one attached hydrogen (secondary N) is 1. The number of anilines is 1. The zero-order valence-electron chi connectivity index (χ0n) is 16.8. The molecule has 0 unspecified atom stereocenters. The topological polar surface area (TPSA) is 68.5 Å². The second kappa shape index (κ2) is 7.82. The lowest BCUT2D eigenvalue weighted by Crippen LogP contribution is -2.07. The van der Waals surface area contributed by atoms with Crippen molar-refractivity contribution in [2.45, 2.75) is 32.7 Å². The quantitative estimate of drug-likeness (QED) is 0.475. The summed E-state index contributed by atoms with van der Waals surface area (Å²) >= 11 is 0. The molecule has 0 radical (unpaired) electrons. The van der Waals surface area contributed by atoms with Crippen LogP contribution in [0.15, 0.2) is 48.8 Å². The van der Waals surface area contributed by atoms with Crippen LogP contribution in [-0.2, 0) is 6.54 Å². The molecule has 1 N–H and O–H groups in total. The Labute approximate surface area is 174 Å². The highest BCUT2D eigenvalue weighted by Gasteiger charge is 2.21. The smallest absolute Gasteiger partial charge is 0.223 e. The van der Waals surface area contributed by atoms with Crippen molar-refractivity contribution in [1.29, 1.82) is 0 Å². The predicted octanol–water partition coefficient (Wildman–Crippen LogP) is 4.93. The fraction of sp³-hybridized carbons (Fsp3) is 0.304. The minimum Gasteiger partial charge on any atom is -0.354 e. The lowest BCUT2D eigenvalue weighted by Gasteiger charge is -2.10. The van der Waals surface area contributed by atoms with Crippen LogP contribution >= 0.6 is 0 Å². The molecule has 0 atom stereocenters. The van der Waals surface area contributed by atoms with Gasteiger partial charge in [-0.05, 0) is 61.6 Å². The summed E-state index contributed by atoms with van der Waals surface area (Å²) in [7, 11) is 0. The number of aryl methyl sites for hydroxylation is 1. The summed E-state index contributed by atoms with van der Waals surface area (Å²) in [6.45, 7) is 3.85. The van der Waals surface area contributed by atoms with E-state index >= 15 is 0 Å². The summed E-state index contributed by atoms with van der Waals surface area (Å²) in [6.07, 6.45) is 7.30. The van der Waals surface area contributed by atoms with Crippen LogP contribution in [0, 0.1) is 11.7 Å². The highest BCUT2D eigenvalue weighted by molar-refractivity contribution is 5.89. The largest absolute Gasteiger partial charge is 0.354 e. The van der Waals surface area contributed by atoms with Crippen molar-refractivity contribution in [3.8, 4) is 22.5 Å². The Morgan fingerprint density at radius 2 is 1.97 bits per heavy atom. The number of aromatic nitrogens is 5. The van der Waals surface area contributed by atoms with Gasteiger partial charge in [-0.1, -0.05) is 6.92 Å². The van der Waals surface area contributed by atoms with Crippen molar-refractivity contribution >= 4 is 17.0 Å². The highest BCUT2D eigenvalue weighted by atomic mass is 19.1. The molecule has 1 saturated carbocycles. The van der Waals surface area contributed by atoms with Crippen LogP contribution < -0.4 is 5.32 Å². The van der Waals surface area contributed by atoms with Gasteiger partial charge in [0, 0.05) is 42.0 Å². The Balaban J connectivity index is 1.61. The Bertz CT molecular complexity index is 1180. The molecule has 1 fully saturated rings. The van der Waals surface area contributed by atoms with Crippen LogP contribution in [-0.4, -0.2) is 31.3 Å². The number of halogens is 1. The predicted molar refractivity (Wildman–Crippen MR) is 115 cm³/mol. The first kappa shape index (κ1) is 18.7. The van der Waals surface area contributed by atoms with Crippen LogP contribution in [0.2, 0.25) is 0 Å². The zero-order chi connectivity index (χ0) is 20.5. The SMILES string of the molecule is CCCn1cc2cc(-c3ccnc(NCC4CC4)n3)c(-c3ccc(F)cc3)nc2n1. The second-order valence-electron chi connectivity index (χ2n) is 7.79. The van der Waals surface area contributed by atoms with Crippen molar-refractivity contribution < 1.29 is 4.39 Å². The van der Waals surface area contributed by atoms with E-state index in [1.54, 1.807) is 18.3 Å². The highest BCUT2D eigenvalue weighted by Crippen LogP contribution is 2.33. The van der Waals surface area contributed by atoms with Crippen LogP contribution in [0.1, 0.15) is 26.2 Å². The van der Waals surface area contributed by atoms with E-state index in [4.69, 9.17) is 9.97 Å². The van der Waals surface area contributed by atoms with E-state index in [1.807, 2.05) is 16.9 Å². The summed E-state index contributed by atoms with van der Waals surface area (Å²) in [5.41, 5.74) is 3.88. The third kappa shape index (κ3) is 3.87. The first-order valence-corrected chi connectivity index (χ1v) is 10.4. The molecule has 1 aromatic carbocycles. The summed E-state index contributed by atoms with van der Waals surface area (Å²) in [5.74, 6) is 1.07. The summed E-state index contributed by atoms with van der Waals surface area (Å²) in [5, 5.41) is 8.89. The summed E-state index contributed by atoms with van der Waals surface area (Å²) in [6, 6.07) is 10.3. The number of nitrogens with zero attached hydrogens (tertiary/aromatic N) is 5. The molecule has 7 heteroatoms. The maximum absolute atomic E-state index is 13.5. The van der Waals surface area contributed by atoms with E-state index in [-0.39, 0.29) is 5.82 Å². The van der Waals surface area contributed by atoms with Crippen LogP contribution in [0.3, 0.4) is 0 Å². The van der Waals surface area contributed by atoms with E-state index in [9.17, 15) is 4.39 Å². The molecular formula is C23H23FN6. The van der Waals surface area contributed by atoms with Gasteiger partial charge in [-0.2, -0.15) is 5.10 Å². The number of hydrogen-bond acceptors (Lipinski definition) is 5. The van der Waals surface area contributed by atoms with Crippen LogP contribution in [0.4, 0.5) is 10.3 Å². The lowest BCUT2D eigenvalue weighted by atomic mass is 10.0. The molecule has 0 amide bonds. The fourth-order valence-electron chi connectivity index (χ4n) is 3.52. The first-order chi connectivity index (χ1) is 14.7. The Morgan fingerprint density at radius 1 is 1.13 bits per heavy atom. The van der Waals surface area contributed by atoms with Gasteiger partial charge in [0.1, 0.15) is 5.82 Å². The molecule has 5 rings (SSSR count). The average Bonchev–Trinajstić information content (AvgIpc) is 3.51. The maximum atomic E-state index is 13.5. The first-order valence-electron chi connectivity index (χ1n) is 10.4. The number of hydrogen-bond donors (Lipinski definition) is 1. The third-order valence-electron chi connectivity index (χ3n) is 5.29. The molecule has 0 saturated heterocycles. The Hall–Kier alpha value is -3.35. The van der Waals surface area contributed by atoms with E-state index in [2.05, 4.69) is 28.4 Å². The molecule has 0 bridgehead atoms.